The fourth-order valence-electron chi connectivity index (χ4n) is 2.05. The van der Waals surface area contributed by atoms with E-state index >= 15 is 0 Å². The second-order valence-corrected chi connectivity index (χ2v) is 4.37. The van der Waals surface area contributed by atoms with Gasteiger partial charge in [0.2, 0.25) is 0 Å². The molecule has 3 heteroatoms. The third-order valence-electron chi connectivity index (χ3n) is 3.05. The molecule has 1 aromatic rings. The first-order valence-electron chi connectivity index (χ1n) is 6.40. The largest absolute Gasteiger partial charge is 0.375 e. The van der Waals surface area contributed by atoms with Gasteiger partial charge in [0, 0.05) is 18.7 Å². The molecule has 1 heterocycles. The van der Waals surface area contributed by atoms with Gasteiger partial charge in [0.05, 0.1) is 13.2 Å². The molecule has 0 bridgehead atoms. The molecule has 1 aliphatic rings. The zero-order valence-corrected chi connectivity index (χ0v) is 10.4. The zero-order valence-electron chi connectivity index (χ0n) is 10.4. The molecule has 0 radical (unpaired) electrons. The molecule has 0 amide bonds. The van der Waals surface area contributed by atoms with Gasteiger partial charge >= 0.3 is 0 Å². The second-order valence-electron chi connectivity index (χ2n) is 4.37. The lowest BCUT2D eigenvalue weighted by Crippen LogP contribution is -2.53. The molecule has 1 fully saturated rings. The molecular weight excluding hydrogens is 214 g/mol. The maximum absolute atomic E-state index is 6.06. The Labute approximate surface area is 103 Å². The highest BCUT2D eigenvalue weighted by molar-refractivity contribution is 5.22. The first-order valence-corrected chi connectivity index (χ1v) is 6.40. The van der Waals surface area contributed by atoms with Crippen molar-refractivity contribution >= 4 is 0 Å². The Kier molecular flexibility index (Phi) is 4.54. The molecule has 1 aromatic carbocycles. The van der Waals surface area contributed by atoms with Gasteiger partial charge in [-0.25, -0.2) is 0 Å². The summed E-state index contributed by atoms with van der Waals surface area (Å²) < 4.78 is 11.6. The summed E-state index contributed by atoms with van der Waals surface area (Å²) in [6, 6.07) is 10.3. The van der Waals surface area contributed by atoms with E-state index in [0.29, 0.717) is 6.61 Å². The van der Waals surface area contributed by atoms with Crippen LogP contribution in [0.15, 0.2) is 30.3 Å². The molecule has 0 aromatic heterocycles. The van der Waals surface area contributed by atoms with Crippen LogP contribution in [0.2, 0.25) is 0 Å². The van der Waals surface area contributed by atoms with Crippen molar-refractivity contribution < 1.29 is 9.47 Å². The summed E-state index contributed by atoms with van der Waals surface area (Å²) in [5.74, 6) is 0. The van der Waals surface area contributed by atoms with Crippen molar-refractivity contribution in [3.05, 3.63) is 35.9 Å². The summed E-state index contributed by atoms with van der Waals surface area (Å²) in [6.45, 7) is 5.11. The highest BCUT2D eigenvalue weighted by Gasteiger charge is 2.35. The number of benzene rings is 1. The van der Waals surface area contributed by atoms with Crippen molar-refractivity contribution in [1.29, 1.82) is 0 Å². The van der Waals surface area contributed by atoms with E-state index in [4.69, 9.17) is 9.47 Å². The number of hydrogen-bond donors (Lipinski definition) is 1. The molecule has 17 heavy (non-hydrogen) atoms. The highest BCUT2D eigenvalue weighted by Crippen LogP contribution is 2.25. The molecular formula is C14H21NO2. The van der Waals surface area contributed by atoms with Crippen LogP contribution >= 0.6 is 0 Å². The van der Waals surface area contributed by atoms with Crippen molar-refractivity contribution in [2.24, 2.45) is 0 Å². The average Bonchev–Trinajstić information content (AvgIpc) is 2.41. The lowest BCUT2D eigenvalue weighted by molar-refractivity contribution is -0.149. The normalized spacial score (nSPS) is 24.8. The van der Waals surface area contributed by atoms with Crippen LogP contribution in [0.5, 0.6) is 0 Å². The fourth-order valence-corrected chi connectivity index (χ4v) is 2.05. The number of nitrogens with one attached hydrogen (secondary N) is 1. The number of rotatable bonds is 5. The summed E-state index contributed by atoms with van der Waals surface area (Å²) in [4.78, 5) is 0. The number of ether oxygens (including phenoxy) is 2. The van der Waals surface area contributed by atoms with Crippen LogP contribution in [0.1, 0.15) is 25.3 Å². The molecule has 94 valence electrons. The van der Waals surface area contributed by atoms with Gasteiger partial charge in [0.15, 0.2) is 5.72 Å². The van der Waals surface area contributed by atoms with E-state index in [-0.39, 0.29) is 0 Å². The predicted molar refractivity (Wildman–Crippen MR) is 67.8 cm³/mol. The quantitative estimate of drug-likeness (QED) is 0.794. The van der Waals surface area contributed by atoms with Gasteiger partial charge in [-0.05, 0) is 6.42 Å². The molecule has 2 rings (SSSR count). The van der Waals surface area contributed by atoms with E-state index in [2.05, 4.69) is 24.4 Å². The molecule has 1 unspecified atom stereocenters. The SMILES string of the molecule is CCCCOC1(c2ccccc2)COCCN1. The van der Waals surface area contributed by atoms with Crippen molar-refractivity contribution in [2.45, 2.75) is 25.5 Å². The highest BCUT2D eigenvalue weighted by atomic mass is 16.6. The van der Waals surface area contributed by atoms with Crippen LogP contribution in [-0.2, 0) is 15.2 Å². The minimum Gasteiger partial charge on any atom is -0.375 e. The van der Waals surface area contributed by atoms with Gasteiger partial charge in [-0.3, -0.25) is 5.32 Å². The average molecular weight is 235 g/mol. The topological polar surface area (TPSA) is 30.5 Å². The molecule has 1 atom stereocenters. The molecule has 1 saturated heterocycles. The van der Waals surface area contributed by atoms with Crippen LogP contribution in [-0.4, -0.2) is 26.4 Å². The van der Waals surface area contributed by atoms with Gasteiger partial charge in [-0.15, -0.1) is 0 Å². The monoisotopic (exact) mass is 235 g/mol. The smallest absolute Gasteiger partial charge is 0.168 e. The van der Waals surface area contributed by atoms with Gasteiger partial charge in [-0.1, -0.05) is 43.7 Å². The van der Waals surface area contributed by atoms with E-state index < -0.39 is 5.72 Å². The number of unbranched alkanes of at least 4 members (excludes halogenated alkanes) is 1. The Hall–Kier alpha value is -0.900. The third kappa shape index (κ3) is 3.06. The Morgan fingerprint density at radius 1 is 1.35 bits per heavy atom. The van der Waals surface area contributed by atoms with Gasteiger partial charge in [0.1, 0.15) is 0 Å². The van der Waals surface area contributed by atoms with Crippen LogP contribution < -0.4 is 5.32 Å². The Bertz CT molecular complexity index is 320. The van der Waals surface area contributed by atoms with Crippen molar-refractivity contribution in [1.82, 2.24) is 5.32 Å². The minimum absolute atomic E-state index is 0.450. The maximum Gasteiger partial charge on any atom is 0.168 e. The lowest BCUT2D eigenvalue weighted by atomic mass is 10.0. The molecule has 1 N–H and O–H groups in total. The summed E-state index contributed by atoms with van der Waals surface area (Å²) in [7, 11) is 0. The van der Waals surface area contributed by atoms with E-state index in [1.54, 1.807) is 0 Å². The van der Waals surface area contributed by atoms with E-state index in [9.17, 15) is 0 Å². The number of hydrogen-bond acceptors (Lipinski definition) is 3. The maximum atomic E-state index is 6.06. The Balaban J connectivity index is 2.11. The van der Waals surface area contributed by atoms with Crippen LogP contribution in [0.3, 0.4) is 0 Å². The summed E-state index contributed by atoms with van der Waals surface area (Å²) >= 11 is 0. The van der Waals surface area contributed by atoms with Gasteiger partial charge in [-0.2, -0.15) is 0 Å². The van der Waals surface area contributed by atoms with Crippen molar-refractivity contribution in [3.8, 4) is 0 Å². The van der Waals surface area contributed by atoms with Crippen molar-refractivity contribution in [2.75, 3.05) is 26.4 Å². The summed E-state index contributed by atoms with van der Waals surface area (Å²) in [5, 5.41) is 3.46. The van der Waals surface area contributed by atoms with Crippen LogP contribution in [0.25, 0.3) is 0 Å². The molecule has 0 spiro atoms. The number of morpholine rings is 1. The molecule has 1 aliphatic heterocycles. The van der Waals surface area contributed by atoms with E-state index in [0.717, 1.165) is 38.2 Å². The Morgan fingerprint density at radius 3 is 2.82 bits per heavy atom. The fraction of sp³-hybridized carbons (Fsp3) is 0.571. The summed E-state index contributed by atoms with van der Waals surface area (Å²) in [5.41, 5.74) is 0.699. The van der Waals surface area contributed by atoms with Crippen LogP contribution in [0.4, 0.5) is 0 Å². The zero-order chi connectivity index (χ0) is 12.0. The molecule has 0 saturated carbocycles. The van der Waals surface area contributed by atoms with Gasteiger partial charge in [0.25, 0.3) is 0 Å². The minimum atomic E-state index is -0.450. The lowest BCUT2D eigenvalue weighted by Gasteiger charge is -2.38. The first-order chi connectivity index (χ1) is 8.37. The van der Waals surface area contributed by atoms with E-state index in [1.807, 2.05) is 18.2 Å². The molecule has 3 nitrogen and oxygen atoms in total. The predicted octanol–water partition coefficient (Wildman–Crippen LogP) is 2.28. The molecule has 0 aliphatic carbocycles. The standard InChI is InChI=1S/C14H21NO2/c1-2-3-10-17-14(12-16-11-9-15-14)13-7-5-4-6-8-13/h4-8,15H,2-3,9-12H2,1H3. The third-order valence-corrected chi connectivity index (χ3v) is 3.05. The van der Waals surface area contributed by atoms with Crippen molar-refractivity contribution in [3.63, 3.8) is 0 Å². The summed E-state index contributed by atoms with van der Waals surface area (Å²) in [6.07, 6.45) is 2.22. The first kappa shape index (κ1) is 12.6. The second kappa shape index (κ2) is 6.15. The Morgan fingerprint density at radius 2 is 2.18 bits per heavy atom. The van der Waals surface area contributed by atoms with E-state index in [1.165, 1.54) is 0 Å². The van der Waals surface area contributed by atoms with Crippen LogP contribution in [0, 0.1) is 0 Å². The van der Waals surface area contributed by atoms with Gasteiger partial charge < -0.3 is 9.47 Å².